The monoisotopic (exact) mass is 281 g/mol. The molecule has 0 aromatic heterocycles. The van der Waals surface area contributed by atoms with Gasteiger partial charge >= 0.3 is 0 Å². The lowest BCUT2D eigenvalue weighted by Gasteiger charge is -2.29. The molecule has 0 radical (unpaired) electrons. The summed E-state index contributed by atoms with van der Waals surface area (Å²) in [6, 6.07) is 3.73. The van der Waals surface area contributed by atoms with Crippen LogP contribution in [0.25, 0.3) is 0 Å². The molecule has 1 nitrogen and oxygen atoms in total. The van der Waals surface area contributed by atoms with Crippen LogP contribution in [0.4, 0.5) is 8.78 Å². The number of nitrogens with one attached hydrogen (secondary N) is 1. The van der Waals surface area contributed by atoms with Crippen molar-refractivity contribution in [3.8, 4) is 0 Å². The maximum absolute atomic E-state index is 13.2. The highest BCUT2D eigenvalue weighted by molar-refractivity contribution is 5.20. The molecule has 1 N–H and O–H groups in total. The van der Waals surface area contributed by atoms with E-state index >= 15 is 0 Å². The van der Waals surface area contributed by atoms with Crippen LogP contribution >= 0.6 is 0 Å². The van der Waals surface area contributed by atoms with E-state index in [0.29, 0.717) is 11.5 Å². The lowest BCUT2D eigenvalue weighted by Crippen LogP contribution is -2.28. The standard InChI is InChI=1S/C17H25F2N/c1-3-13-4-6-14(7-5-13)11-20-12(2)15-8-16(18)10-17(19)9-15/h8-10,12-14,20H,3-7,11H2,1-2H3. The molecule has 1 fully saturated rings. The van der Waals surface area contributed by atoms with E-state index in [2.05, 4.69) is 12.2 Å². The molecule has 1 unspecified atom stereocenters. The average molecular weight is 281 g/mol. The van der Waals surface area contributed by atoms with Gasteiger partial charge in [0.05, 0.1) is 0 Å². The van der Waals surface area contributed by atoms with Crippen LogP contribution < -0.4 is 5.32 Å². The molecule has 112 valence electrons. The molecule has 0 saturated heterocycles. The van der Waals surface area contributed by atoms with Gasteiger partial charge in [0.2, 0.25) is 0 Å². The van der Waals surface area contributed by atoms with Crippen molar-refractivity contribution in [2.24, 2.45) is 11.8 Å². The number of hydrogen-bond donors (Lipinski definition) is 1. The van der Waals surface area contributed by atoms with Crippen LogP contribution in [0.3, 0.4) is 0 Å². The SMILES string of the molecule is CCC1CCC(CNC(C)c2cc(F)cc(F)c2)CC1. The summed E-state index contributed by atoms with van der Waals surface area (Å²) < 4.78 is 26.4. The van der Waals surface area contributed by atoms with E-state index in [1.807, 2.05) is 6.92 Å². The normalized spacial score (nSPS) is 24.6. The van der Waals surface area contributed by atoms with Gasteiger partial charge in [0.25, 0.3) is 0 Å². The van der Waals surface area contributed by atoms with Crippen molar-refractivity contribution < 1.29 is 8.78 Å². The highest BCUT2D eigenvalue weighted by Gasteiger charge is 2.20. The molecule has 0 aliphatic heterocycles. The van der Waals surface area contributed by atoms with Gasteiger partial charge in [-0.3, -0.25) is 0 Å². The molecule has 1 aromatic rings. The Kier molecular flexibility index (Phi) is 5.53. The van der Waals surface area contributed by atoms with Crippen molar-refractivity contribution in [1.82, 2.24) is 5.32 Å². The van der Waals surface area contributed by atoms with E-state index < -0.39 is 11.6 Å². The summed E-state index contributed by atoms with van der Waals surface area (Å²) in [5, 5.41) is 3.42. The van der Waals surface area contributed by atoms with Crippen LogP contribution in [-0.4, -0.2) is 6.54 Å². The zero-order chi connectivity index (χ0) is 14.5. The molecule has 20 heavy (non-hydrogen) atoms. The number of benzene rings is 1. The van der Waals surface area contributed by atoms with Gasteiger partial charge in [0, 0.05) is 12.1 Å². The molecule has 0 spiro atoms. The molecule has 1 aromatic carbocycles. The van der Waals surface area contributed by atoms with E-state index in [1.165, 1.54) is 44.2 Å². The van der Waals surface area contributed by atoms with Crippen LogP contribution in [0.2, 0.25) is 0 Å². The summed E-state index contributed by atoms with van der Waals surface area (Å²) >= 11 is 0. The fourth-order valence-corrected chi connectivity index (χ4v) is 3.13. The van der Waals surface area contributed by atoms with Gasteiger partial charge < -0.3 is 5.32 Å². The quantitative estimate of drug-likeness (QED) is 0.815. The Bertz CT molecular complexity index is 405. The predicted molar refractivity (Wildman–Crippen MR) is 78.5 cm³/mol. The molecule has 0 amide bonds. The molecule has 0 heterocycles. The first-order chi connectivity index (χ1) is 9.58. The third kappa shape index (κ3) is 4.27. The number of rotatable bonds is 5. The zero-order valence-corrected chi connectivity index (χ0v) is 12.5. The van der Waals surface area contributed by atoms with Crippen LogP contribution in [0.5, 0.6) is 0 Å². The van der Waals surface area contributed by atoms with Crippen molar-refractivity contribution in [2.45, 2.75) is 52.0 Å². The Labute approximate surface area is 120 Å². The van der Waals surface area contributed by atoms with Gasteiger partial charge in [-0.05, 0) is 55.8 Å². The summed E-state index contributed by atoms with van der Waals surface area (Å²) in [5.74, 6) is 0.605. The van der Waals surface area contributed by atoms with Gasteiger partial charge in [0.1, 0.15) is 11.6 Å². The van der Waals surface area contributed by atoms with Gasteiger partial charge in [-0.1, -0.05) is 26.2 Å². The minimum Gasteiger partial charge on any atom is -0.310 e. The van der Waals surface area contributed by atoms with Crippen LogP contribution in [0.1, 0.15) is 57.6 Å². The first-order valence-corrected chi connectivity index (χ1v) is 7.77. The Morgan fingerprint density at radius 2 is 1.60 bits per heavy atom. The van der Waals surface area contributed by atoms with Crippen molar-refractivity contribution in [1.29, 1.82) is 0 Å². The Morgan fingerprint density at radius 3 is 2.15 bits per heavy atom. The fourth-order valence-electron chi connectivity index (χ4n) is 3.13. The third-order valence-corrected chi connectivity index (χ3v) is 4.64. The van der Waals surface area contributed by atoms with Crippen LogP contribution in [0, 0.1) is 23.5 Å². The lowest BCUT2D eigenvalue weighted by atomic mass is 9.81. The van der Waals surface area contributed by atoms with E-state index in [0.717, 1.165) is 18.5 Å². The molecular formula is C17H25F2N. The maximum Gasteiger partial charge on any atom is 0.126 e. The molecule has 0 bridgehead atoms. The lowest BCUT2D eigenvalue weighted by molar-refractivity contribution is 0.258. The van der Waals surface area contributed by atoms with E-state index in [-0.39, 0.29) is 6.04 Å². The third-order valence-electron chi connectivity index (χ3n) is 4.64. The number of hydrogen-bond acceptors (Lipinski definition) is 1. The van der Waals surface area contributed by atoms with E-state index in [9.17, 15) is 8.78 Å². The van der Waals surface area contributed by atoms with Crippen molar-refractivity contribution in [3.63, 3.8) is 0 Å². The Morgan fingerprint density at radius 1 is 1.05 bits per heavy atom. The second-order valence-electron chi connectivity index (χ2n) is 6.13. The van der Waals surface area contributed by atoms with Crippen molar-refractivity contribution in [2.75, 3.05) is 6.54 Å². The summed E-state index contributed by atoms with van der Waals surface area (Å²) in [4.78, 5) is 0. The second-order valence-corrected chi connectivity index (χ2v) is 6.13. The summed E-state index contributed by atoms with van der Waals surface area (Å²) in [7, 11) is 0. The molecular weight excluding hydrogens is 256 g/mol. The first kappa shape index (κ1) is 15.4. The molecule has 3 heteroatoms. The fraction of sp³-hybridized carbons (Fsp3) is 0.647. The van der Waals surface area contributed by atoms with E-state index in [1.54, 1.807) is 0 Å². The minimum absolute atomic E-state index is 0.0101. The smallest absolute Gasteiger partial charge is 0.126 e. The largest absolute Gasteiger partial charge is 0.310 e. The summed E-state index contributed by atoms with van der Waals surface area (Å²) in [6.07, 6.45) is 6.49. The Hall–Kier alpha value is -0.960. The zero-order valence-electron chi connectivity index (χ0n) is 12.5. The van der Waals surface area contributed by atoms with Gasteiger partial charge in [0.15, 0.2) is 0 Å². The van der Waals surface area contributed by atoms with Crippen LogP contribution in [-0.2, 0) is 0 Å². The first-order valence-electron chi connectivity index (χ1n) is 7.77. The molecule has 1 atom stereocenters. The predicted octanol–water partition coefficient (Wildman–Crippen LogP) is 4.83. The highest BCUT2D eigenvalue weighted by atomic mass is 19.1. The van der Waals surface area contributed by atoms with Gasteiger partial charge in [-0.15, -0.1) is 0 Å². The summed E-state index contributed by atoms with van der Waals surface area (Å²) in [5.41, 5.74) is 0.685. The topological polar surface area (TPSA) is 12.0 Å². The minimum atomic E-state index is -0.503. The van der Waals surface area contributed by atoms with Crippen molar-refractivity contribution in [3.05, 3.63) is 35.4 Å². The van der Waals surface area contributed by atoms with Gasteiger partial charge in [-0.25, -0.2) is 8.78 Å². The van der Waals surface area contributed by atoms with E-state index in [4.69, 9.17) is 0 Å². The van der Waals surface area contributed by atoms with Gasteiger partial charge in [-0.2, -0.15) is 0 Å². The molecule has 1 aliphatic carbocycles. The maximum atomic E-state index is 13.2. The second kappa shape index (κ2) is 7.16. The molecule has 1 aliphatic rings. The van der Waals surface area contributed by atoms with Crippen molar-refractivity contribution >= 4 is 0 Å². The summed E-state index contributed by atoms with van der Waals surface area (Å²) in [6.45, 7) is 5.17. The average Bonchev–Trinajstić information content (AvgIpc) is 2.44. The number of halogens is 2. The molecule has 2 rings (SSSR count). The Balaban J connectivity index is 1.81. The molecule has 1 saturated carbocycles. The van der Waals surface area contributed by atoms with Crippen LogP contribution in [0.15, 0.2) is 18.2 Å². The highest BCUT2D eigenvalue weighted by Crippen LogP contribution is 2.30.